The van der Waals surface area contributed by atoms with Gasteiger partial charge in [0.15, 0.2) is 0 Å². The van der Waals surface area contributed by atoms with Gasteiger partial charge in [-0.2, -0.15) is 0 Å². The Morgan fingerprint density at radius 3 is 2.62 bits per heavy atom. The molecule has 2 nitrogen and oxygen atoms in total. The number of benzene rings is 1. The number of halogens is 2. The summed E-state index contributed by atoms with van der Waals surface area (Å²) in [6.45, 7) is 1.79. The van der Waals surface area contributed by atoms with Gasteiger partial charge < -0.3 is 10.8 Å². The lowest BCUT2D eigenvalue weighted by Crippen LogP contribution is -2.29. The molecule has 16 heavy (non-hydrogen) atoms. The first-order valence-corrected chi connectivity index (χ1v) is 5.41. The maximum atomic E-state index is 13.5. The Labute approximate surface area is 94.1 Å². The summed E-state index contributed by atoms with van der Waals surface area (Å²) < 4.78 is 26.6. The summed E-state index contributed by atoms with van der Waals surface area (Å²) in [4.78, 5) is 0. The molecule has 0 radical (unpaired) electrons. The summed E-state index contributed by atoms with van der Waals surface area (Å²) in [5.41, 5.74) is 6.11. The minimum absolute atomic E-state index is 0.0890. The van der Waals surface area contributed by atoms with Crippen LogP contribution in [0.25, 0.3) is 0 Å². The van der Waals surface area contributed by atoms with Crippen molar-refractivity contribution in [2.75, 3.05) is 6.61 Å². The fraction of sp³-hybridized carbons (Fsp3) is 0.500. The van der Waals surface area contributed by atoms with Crippen molar-refractivity contribution < 1.29 is 13.9 Å². The standard InChI is InChI=1S/C12H17F2NO/c1-2-12(15)9(5-6-16)10-7-8(13)3-4-11(10)14/h3-4,7,9,12,16H,2,5-6,15H2,1H3. The third-order valence-corrected chi connectivity index (χ3v) is 2.79. The Kier molecular flexibility index (Phi) is 4.83. The van der Waals surface area contributed by atoms with Crippen LogP contribution in [0.5, 0.6) is 0 Å². The molecule has 3 N–H and O–H groups in total. The largest absolute Gasteiger partial charge is 0.396 e. The molecule has 4 heteroatoms. The second-order valence-electron chi connectivity index (χ2n) is 3.86. The average Bonchev–Trinajstić information content (AvgIpc) is 2.28. The van der Waals surface area contributed by atoms with Gasteiger partial charge >= 0.3 is 0 Å². The molecule has 0 heterocycles. The van der Waals surface area contributed by atoms with Crippen molar-refractivity contribution >= 4 is 0 Å². The number of hydrogen-bond donors (Lipinski definition) is 2. The van der Waals surface area contributed by atoms with Crippen molar-refractivity contribution in [3.8, 4) is 0 Å². The van der Waals surface area contributed by atoms with Crippen LogP contribution in [0, 0.1) is 11.6 Å². The van der Waals surface area contributed by atoms with E-state index in [2.05, 4.69) is 0 Å². The molecule has 90 valence electrons. The highest BCUT2D eigenvalue weighted by Crippen LogP contribution is 2.27. The average molecular weight is 229 g/mol. The van der Waals surface area contributed by atoms with Crippen LogP contribution in [0.3, 0.4) is 0 Å². The van der Waals surface area contributed by atoms with Crippen molar-refractivity contribution in [2.45, 2.75) is 31.7 Å². The van der Waals surface area contributed by atoms with E-state index in [1.165, 1.54) is 0 Å². The Morgan fingerprint density at radius 2 is 2.06 bits per heavy atom. The van der Waals surface area contributed by atoms with Crippen LogP contribution in [0.4, 0.5) is 8.78 Å². The molecule has 0 fully saturated rings. The van der Waals surface area contributed by atoms with Gasteiger partial charge in [-0.05, 0) is 36.6 Å². The lowest BCUT2D eigenvalue weighted by molar-refractivity contribution is 0.264. The molecule has 1 rings (SSSR count). The van der Waals surface area contributed by atoms with Gasteiger partial charge in [-0.3, -0.25) is 0 Å². The second-order valence-corrected chi connectivity index (χ2v) is 3.86. The molecular weight excluding hydrogens is 212 g/mol. The van der Waals surface area contributed by atoms with E-state index in [1.54, 1.807) is 0 Å². The van der Waals surface area contributed by atoms with Crippen molar-refractivity contribution in [2.24, 2.45) is 5.73 Å². The molecule has 0 spiro atoms. The zero-order valence-electron chi connectivity index (χ0n) is 9.29. The number of aliphatic hydroxyl groups is 1. The monoisotopic (exact) mass is 229 g/mol. The molecule has 2 atom stereocenters. The van der Waals surface area contributed by atoms with Crippen LogP contribution >= 0.6 is 0 Å². The molecular formula is C12H17F2NO. The molecule has 0 aromatic heterocycles. The van der Waals surface area contributed by atoms with Crippen LogP contribution in [0.1, 0.15) is 31.2 Å². The highest BCUT2D eigenvalue weighted by atomic mass is 19.1. The van der Waals surface area contributed by atoms with Gasteiger partial charge in [-0.25, -0.2) is 8.78 Å². The zero-order chi connectivity index (χ0) is 12.1. The van der Waals surface area contributed by atoms with E-state index in [9.17, 15) is 8.78 Å². The SMILES string of the molecule is CCC(N)C(CCO)c1cc(F)ccc1F. The minimum Gasteiger partial charge on any atom is -0.396 e. The molecule has 0 saturated heterocycles. The normalized spacial score (nSPS) is 14.8. The smallest absolute Gasteiger partial charge is 0.126 e. The van der Waals surface area contributed by atoms with E-state index in [1.807, 2.05) is 6.92 Å². The number of nitrogens with two attached hydrogens (primary N) is 1. The van der Waals surface area contributed by atoms with E-state index in [0.29, 0.717) is 12.8 Å². The predicted octanol–water partition coefficient (Wildman–Crippen LogP) is 2.17. The molecule has 1 aromatic rings. The highest BCUT2D eigenvalue weighted by molar-refractivity contribution is 5.24. The maximum Gasteiger partial charge on any atom is 0.126 e. The molecule has 0 saturated carbocycles. The van der Waals surface area contributed by atoms with Crippen LogP contribution in [0.2, 0.25) is 0 Å². The molecule has 0 aliphatic rings. The first-order valence-electron chi connectivity index (χ1n) is 5.41. The minimum atomic E-state index is -0.484. The van der Waals surface area contributed by atoms with E-state index in [0.717, 1.165) is 18.2 Å². The lowest BCUT2D eigenvalue weighted by atomic mass is 9.87. The predicted molar refractivity (Wildman–Crippen MR) is 59.1 cm³/mol. The van der Waals surface area contributed by atoms with Crippen molar-refractivity contribution in [1.82, 2.24) is 0 Å². The van der Waals surface area contributed by atoms with Gasteiger partial charge in [-0.1, -0.05) is 6.92 Å². The molecule has 1 aromatic carbocycles. The summed E-state index contributed by atoms with van der Waals surface area (Å²) in [5, 5.41) is 8.93. The van der Waals surface area contributed by atoms with Gasteiger partial charge in [0.1, 0.15) is 11.6 Å². The zero-order valence-corrected chi connectivity index (χ0v) is 9.29. The fourth-order valence-corrected chi connectivity index (χ4v) is 1.82. The number of aliphatic hydroxyl groups excluding tert-OH is 1. The summed E-state index contributed by atoms with van der Waals surface area (Å²) >= 11 is 0. The summed E-state index contributed by atoms with van der Waals surface area (Å²) in [5.74, 6) is -1.29. The van der Waals surface area contributed by atoms with Crippen molar-refractivity contribution in [1.29, 1.82) is 0 Å². The summed E-state index contributed by atoms with van der Waals surface area (Å²) in [7, 11) is 0. The van der Waals surface area contributed by atoms with Crippen molar-refractivity contribution in [3.05, 3.63) is 35.4 Å². The molecule has 0 aliphatic heterocycles. The maximum absolute atomic E-state index is 13.5. The Morgan fingerprint density at radius 1 is 1.38 bits per heavy atom. The second kappa shape index (κ2) is 5.92. The van der Waals surface area contributed by atoms with E-state index in [4.69, 9.17) is 10.8 Å². The van der Waals surface area contributed by atoms with Crippen LogP contribution in [-0.2, 0) is 0 Å². The van der Waals surface area contributed by atoms with E-state index >= 15 is 0 Å². The number of hydrogen-bond acceptors (Lipinski definition) is 2. The van der Waals surface area contributed by atoms with Gasteiger partial charge in [0.05, 0.1) is 0 Å². The highest BCUT2D eigenvalue weighted by Gasteiger charge is 2.21. The Balaban J connectivity index is 3.04. The third-order valence-electron chi connectivity index (χ3n) is 2.79. The molecule has 0 bridgehead atoms. The summed E-state index contributed by atoms with van der Waals surface area (Å²) in [6, 6.07) is 3.05. The van der Waals surface area contributed by atoms with Gasteiger partial charge in [0.25, 0.3) is 0 Å². The Bertz CT molecular complexity index is 344. The number of rotatable bonds is 5. The fourth-order valence-electron chi connectivity index (χ4n) is 1.82. The van der Waals surface area contributed by atoms with Gasteiger partial charge in [0.2, 0.25) is 0 Å². The Hall–Kier alpha value is -1.00. The van der Waals surface area contributed by atoms with Gasteiger partial charge in [0, 0.05) is 18.6 Å². The van der Waals surface area contributed by atoms with Crippen LogP contribution < -0.4 is 5.73 Å². The third kappa shape index (κ3) is 3.00. The first kappa shape index (κ1) is 13.1. The molecule has 0 amide bonds. The quantitative estimate of drug-likeness (QED) is 0.812. The summed E-state index contributed by atoms with van der Waals surface area (Å²) in [6.07, 6.45) is 0.996. The molecule has 2 unspecified atom stereocenters. The topological polar surface area (TPSA) is 46.2 Å². The lowest BCUT2D eigenvalue weighted by Gasteiger charge is -2.23. The van der Waals surface area contributed by atoms with Crippen molar-refractivity contribution in [3.63, 3.8) is 0 Å². The van der Waals surface area contributed by atoms with E-state index in [-0.39, 0.29) is 24.1 Å². The van der Waals surface area contributed by atoms with E-state index < -0.39 is 11.6 Å². The first-order chi connectivity index (χ1) is 7.60. The van der Waals surface area contributed by atoms with Gasteiger partial charge in [-0.15, -0.1) is 0 Å². The molecule has 0 aliphatic carbocycles. The van der Waals surface area contributed by atoms with Crippen LogP contribution in [0.15, 0.2) is 18.2 Å². The van der Waals surface area contributed by atoms with Crippen LogP contribution in [-0.4, -0.2) is 17.8 Å².